The number of amides is 1. The number of carbonyl (C=O) groups is 1. The topological polar surface area (TPSA) is 59.8 Å². The summed E-state index contributed by atoms with van der Waals surface area (Å²) < 4.78 is 3.09. The number of nitrogens with zero attached hydrogens (tertiary/aromatic N) is 3. The Morgan fingerprint density at radius 3 is 2.52 bits per heavy atom. The summed E-state index contributed by atoms with van der Waals surface area (Å²) in [5.74, 6) is -0.140. The second-order valence-corrected chi connectivity index (χ2v) is 7.91. The number of anilines is 1. The third-order valence-electron chi connectivity index (χ3n) is 3.81. The van der Waals surface area contributed by atoms with Crippen LogP contribution in [0.3, 0.4) is 0 Å². The highest BCUT2D eigenvalue weighted by atomic mass is 32.2. The lowest BCUT2D eigenvalue weighted by Crippen LogP contribution is -2.12. The van der Waals surface area contributed by atoms with E-state index in [-0.39, 0.29) is 5.91 Å². The summed E-state index contributed by atoms with van der Waals surface area (Å²) in [5, 5.41) is 7.98. The van der Waals surface area contributed by atoms with Crippen LogP contribution < -0.4 is 5.32 Å². The van der Waals surface area contributed by atoms with E-state index in [2.05, 4.69) is 21.5 Å². The molecule has 3 aromatic rings. The van der Waals surface area contributed by atoms with Gasteiger partial charge in [-0.1, -0.05) is 23.5 Å². The third kappa shape index (κ3) is 4.11. The normalized spacial score (nSPS) is 10.9. The lowest BCUT2D eigenvalue weighted by molar-refractivity contribution is 0.102. The van der Waals surface area contributed by atoms with Crippen molar-refractivity contribution in [2.45, 2.75) is 31.5 Å². The molecule has 0 fully saturated rings. The predicted molar refractivity (Wildman–Crippen MR) is 104 cm³/mol. The molecular weight excluding hydrogens is 352 g/mol. The minimum atomic E-state index is -0.140. The van der Waals surface area contributed by atoms with E-state index < -0.39 is 0 Å². The van der Waals surface area contributed by atoms with Gasteiger partial charge in [0.2, 0.25) is 0 Å². The zero-order valence-corrected chi connectivity index (χ0v) is 16.3. The van der Waals surface area contributed by atoms with Crippen molar-refractivity contribution in [1.82, 2.24) is 14.8 Å². The summed E-state index contributed by atoms with van der Waals surface area (Å²) in [6.45, 7) is 6.68. The van der Waals surface area contributed by atoms with Crippen LogP contribution in [0.25, 0.3) is 0 Å². The molecule has 0 spiro atoms. The Hall–Kier alpha value is -2.12. The average molecular weight is 373 g/mol. The number of nitrogens with one attached hydrogen (secondary N) is 1. The summed E-state index contributed by atoms with van der Waals surface area (Å²) in [7, 11) is 0. The van der Waals surface area contributed by atoms with E-state index in [0.717, 1.165) is 26.9 Å². The second-order valence-electron chi connectivity index (χ2n) is 5.83. The molecule has 0 saturated carbocycles. The maximum Gasteiger partial charge on any atom is 0.257 e. The third-order valence-corrected chi connectivity index (χ3v) is 6.10. The summed E-state index contributed by atoms with van der Waals surface area (Å²) in [6.07, 6.45) is 2.01. The Bertz CT molecular complexity index is 896. The van der Waals surface area contributed by atoms with Gasteiger partial charge >= 0.3 is 0 Å². The molecular formula is C18H20N4OS2. The van der Waals surface area contributed by atoms with Crippen LogP contribution in [-0.2, 0) is 6.54 Å². The molecule has 0 aliphatic rings. The van der Waals surface area contributed by atoms with E-state index in [9.17, 15) is 4.79 Å². The number of thioether (sulfide) groups is 1. The lowest BCUT2D eigenvalue weighted by atomic mass is 10.1. The zero-order chi connectivity index (χ0) is 18.0. The SMILES string of the molecule is CSc1sc(NC(=O)c2ccc(Cn3nc(C)cc3C)cc2)nc1C. The van der Waals surface area contributed by atoms with Crippen LogP contribution in [0.4, 0.5) is 5.13 Å². The van der Waals surface area contributed by atoms with Crippen molar-refractivity contribution in [1.29, 1.82) is 0 Å². The second kappa shape index (κ2) is 7.41. The van der Waals surface area contributed by atoms with Gasteiger partial charge in [-0.05, 0) is 50.8 Å². The fraction of sp³-hybridized carbons (Fsp3) is 0.278. The van der Waals surface area contributed by atoms with Gasteiger partial charge in [-0.25, -0.2) is 4.98 Å². The highest BCUT2D eigenvalue weighted by Gasteiger charge is 2.11. The van der Waals surface area contributed by atoms with Crippen molar-refractivity contribution in [3.8, 4) is 0 Å². The summed E-state index contributed by atoms with van der Waals surface area (Å²) in [4.78, 5) is 16.8. The number of hydrogen-bond acceptors (Lipinski definition) is 5. The molecule has 0 bridgehead atoms. The molecule has 25 heavy (non-hydrogen) atoms. The molecule has 1 N–H and O–H groups in total. The summed E-state index contributed by atoms with van der Waals surface area (Å²) in [5.41, 5.74) is 4.82. The predicted octanol–water partition coefficient (Wildman–Crippen LogP) is 4.29. The first-order valence-electron chi connectivity index (χ1n) is 7.89. The fourth-order valence-corrected chi connectivity index (χ4v) is 4.17. The Labute approximate surface area is 155 Å². The summed E-state index contributed by atoms with van der Waals surface area (Å²) >= 11 is 3.14. The van der Waals surface area contributed by atoms with Crippen molar-refractivity contribution < 1.29 is 4.79 Å². The van der Waals surface area contributed by atoms with E-state index in [1.165, 1.54) is 11.3 Å². The number of aryl methyl sites for hydroxylation is 3. The van der Waals surface area contributed by atoms with Crippen LogP contribution in [0.1, 0.15) is 33.0 Å². The molecule has 3 rings (SSSR count). The molecule has 1 amide bonds. The van der Waals surface area contributed by atoms with E-state index in [1.54, 1.807) is 11.8 Å². The van der Waals surface area contributed by atoms with Crippen molar-refractivity contribution in [3.63, 3.8) is 0 Å². The number of aromatic nitrogens is 3. The highest BCUT2D eigenvalue weighted by Crippen LogP contribution is 2.30. The molecule has 2 aromatic heterocycles. The van der Waals surface area contributed by atoms with Crippen molar-refractivity contribution in [2.24, 2.45) is 0 Å². The Kier molecular flexibility index (Phi) is 5.24. The number of benzene rings is 1. The minimum Gasteiger partial charge on any atom is -0.298 e. The van der Waals surface area contributed by atoms with E-state index in [1.807, 2.05) is 56.0 Å². The van der Waals surface area contributed by atoms with Gasteiger partial charge in [0, 0.05) is 11.3 Å². The van der Waals surface area contributed by atoms with Gasteiger partial charge in [0.05, 0.1) is 22.1 Å². The maximum atomic E-state index is 12.4. The first-order chi connectivity index (χ1) is 12.0. The maximum absolute atomic E-state index is 12.4. The molecule has 2 heterocycles. The Balaban J connectivity index is 1.68. The number of rotatable bonds is 5. The number of carbonyl (C=O) groups excluding carboxylic acids is 1. The molecule has 0 saturated heterocycles. The van der Waals surface area contributed by atoms with Gasteiger partial charge in [-0.15, -0.1) is 11.8 Å². The number of thiazole rings is 1. The molecule has 0 aliphatic heterocycles. The average Bonchev–Trinajstić information content (AvgIpc) is 3.09. The standard InChI is InChI=1S/C18H20N4OS2/c1-11-9-12(2)22(21-11)10-14-5-7-15(8-6-14)16(23)20-18-19-13(3)17(24-4)25-18/h5-9H,10H2,1-4H3,(H,19,20,23). The van der Waals surface area contributed by atoms with Crippen LogP contribution in [-0.4, -0.2) is 26.9 Å². The molecule has 0 aliphatic carbocycles. The van der Waals surface area contributed by atoms with Gasteiger partial charge < -0.3 is 0 Å². The molecule has 0 radical (unpaired) electrons. The molecule has 130 valence electrons. The molecule has 0 unspecified atom stereocenters. The molecule has 0 atom stereocenters. The fourth-order valence-electron chi connectivity index (χ4n) is 2.56. The van der Waals surface area contributed by atoms with Crippen LogP contribution in [0.2, 0.25) is 0 Å². The highest BCUT2D eigenvalue weighted by molar-refractivity contribution is 8.00. The van der Waals surface area contributed by atoms with Gasteiger partial charge in [0.1, 0.15) is 0 Å². The minimum absolute atomic E-state index is 0.140. The zero-order valence-electron chi connectivity index (χ0n) is 14.7. The Morgan fingerprint density at radius 1 is 1.24 bits per heavy atom. The first kappa shape index (κ1) is 17.7. The van der Waals surface area contributed by atoms with Crippen molar-refractivity contribution >= 4 is 34.1 Å². The van der Waals surface area contributed by atoms with E-state index >= 15 is 0 Å². The monoisotopic (exact) mass is 372 g/mol. The van der Waals surface area contributed by atoms with Gasteiger partial charge in [0.25, 0.3) is 5.91 Å². The van der Waals surface area contributed by atoms with Gasteiger partial charge in [-0.2, -0.15) is 5.10 Å². The quantitative estimate of drug-likeness (QED) is 0.679. The Morgan fingerprint density at radius 2 is 1.96 bits per heavy atom. The van der Waals surface area contributed by atoms with E-state index in [0.29, 0.717) is 17.2 Å². The van der Waals surface area contributed by atoms with Gasteiger partial charge in [0.15, 0.2) is 5.13 Å². The van der Waals surface area contributed by atoms with Crippen molar-refractivity contribution in [3.05, 3.63) is 58.5 Å². The summed E-state index contributed by atoms with van der Waals surface area (Å²) in [6, 6.07) is 9.66. The number of hydrogen-bond donors (Lipinski definition) is 1. The molecule has 5 nitrogen and oxygen atoms in total. The smallest absolute Gasteiger partial charge is 0.257 e. The largest absolute Gasteiger partial charge is 0.298 e. The van der Waals surface area contributed by atoms with Crippen LogP contribution in [0, 0.1) is 20.8 Å². The lowest BCUT2D eigenvalue weighted by Gasteiger charge is -2.06. The van der Waals surface area contributed by atoms with Crippen molar-refractivity contribution in [2.75, 3.05) is 11.6 Å². The van der Waals surface area contributed by atoms with Crippen LogP contribution in [0.15, 0.2) is 34.5 Å². The van der Waals surface area contributed by atoms with Gasteiger partial charge in [-0.3, -0.25) is 14.8 Å². The molecule has 7 heteroatoms. The van der Waals surface area contributed by atoms with E-state index in [4.69, 9.17) is 0 Å². The van der Waals surface area contributed by atoms with Crippen LogP contribution in [0.5, 0.6) is 0 Å². The van der Waals surface area contributed by atoms with Crippen LogP contribution >= 0.6 is 23.1 Å². The first-order valence-corrected chi connectivity index (χ1v) is 9.93. The molecule has 1 aromatic carbocycles.